The quantitative estimate of drug-likeness (QED) is 0.0182. The van der Waals surface area contributed by atoms with Crippen LogP contribution in [0.25, 0.3) is 22.3 Å². The van der Waals surface area contributed by atoms with E-state index in [1.165, 1.54) is 25.3 Å². The number of pyridine rings is 2. The number of carbonyl (C=O) groups excluding carboxylic acids is 9. The molecule has 2 aliphatic carbocycles. The number of imide groups is 1. The van der Waals surface area contributed by atoms with Crippen molar-refractivity contribution >= 4 is 64.4 Å². The van der Waals surface area contributed by atoms with E-state index < -0.39 is 72.5 Å². The fourth-order valence-corrected chi connectivity index (χ4v) is 10.4. The highest BCUT2D eigenvalue weighted by Crippen LogP contribution is 2.49. The van der Waals surface area contributed by atoms with Gasteiger partial charge in [-0.1, -0.05) is 43.7 Å². The molecule has 418 valence electrons. The summed E-state index contributed by atoms with van der Waals surface area (Å²) in [6.45, 7) is 2.46. The van der Waals surface area contributed by atoms with Crippen LogP contribution in [0.3, 0.4) is 0 Å². The van der Waals surface area contributed by atoms with Crippen LogP contribution in [0.5, 0.6) is 0 Å². The van der Waals surface area contributed by atoms with Gasteiger partial charge in [-0.05, 0) is 92.2 Å². The van der Waals surface area contributed by atoms with E-state index in [9.17, 15) is 47.9 Å². The number of methoxy groups -OCH3 is 1. The average molecular weight is 1090 g/mol. The van der Waals surface area contributed by atoms with Gasteiger partial charge in [-0.25, -0.2) is 9.37 Å². The number of halogens is 1. The zero-order valence-electron chi connectivity index (χ0n) is 44.6. The summed E-state index contributed by atoms with van der Waals surface area (Å²) in [5, 5.41) is 16.6. The second-order valence-electron chi connectivity index (χ2n) is 20.6. The van der Waals surface area contributed by atoms with Gasteiger partial charge in [0.1, 0.15) is 24.9 Å². The topological polar surface area (TPSA) is 282 Å². The molecular weight excluding hydrogens is 1020 g/mol. The van der Waals surface area contributed by atoms with E-state index in [1.54, 1.807) is 41.8 Å². The van der Waals surface area contributed by atoms with Crippen molar-refractivity contribution < 1.29 is 57.0 Å². The predicted octanol–water partition coefficient (Wildman–Crippen LogP) is 2.32. The maximum absolute atomic E-state index is 15.5. The molecule has 0 radical (unpaired) electrons. The fraction of sp³-hybridized carbons (Fsp3) is 0.456. The Hall–Kier alpha value is -7.98. The Bertz CT molecular complexity index is 3140. The highest BCUT2D eigenvalue weighted by atomic mass is 19.1. The molecule has 21 nitrogen and oxygen atoms in total. The second-order valence-corrected chi connectivity index (χ2v) is 20.6. The predicted molar refractivity (Wildman–Crippen MR) is 285 cm³/mol. The van der Waals surface area contributed by atoms with Crippen LogP contribution in [0.1, 0.15) is 103 Å². The summed E-state index contributed by atoms with van der Waals surface area (Å²) < 4.78 is 28.4. The summed E-state index contributed by atoms with van der Waals surface area (Å²) in [7, 11) is 1.51. The van der Waals surface area contributed by atoms with Gasteiger partial charge < -0.3 is 50.7 Å². The van der Waals surface area contributed by atoms with Gasteiger partial charge in [-0.3, -0.25) is 48.1 Å². The molecule has 4 heterocycles. The number of unbranched alkanes of at least 4 members (excludes halogenated alkanes) is 2. The van der Waals surface area contributed by atoms with Crippen molar-refractivity contribution in [1.82, 2.24) is 46.4 Å². The first kappa shape index (κ1) is 57.2. The highest BCUT2D eigenvalue weighted by molar-refractivity contribution is 6.12. The molecule has 3 unspecified atom stereocenters. The van der Waals surface area contributed by atoms with Crippen LogP contribution in [-0.4, -0.2) is 121 Å². The van der Waals surface area contributed by atoms with Crippen molar-refractivity contribution in [3.8, 4) is 11.4 Å². The molecule has 0 spiro atoms. The molecule has 4 aromatic rings. The SMILES string of the molecule is CCC(C=O)Cc1cc2n(c(=O)c1COC)Cc1c-2nc2cc(F)c(C)c3c2c1C(NC(=O)C1(COCNC(=O)CNC(=O)C(Cc2ccccc2)NC(=O)CNC(=O)CNC(=O)CCCCCN2C(=O)C=CC2=O)CC1)CC3. The van der Waals surface area contributed by atoms with Crippen molar-refractivity contribution in [1.29, 1.82) is 0 Å². The fourth-order valence-electron chi connectivity index (χ4n) is 10.4. The maximum Gasteiger partial charge on any atom is 0.257 e. The third kappa shape index (κ3) is 13.5. The van der Waals surface area contributed by atoms with Gasteiger partial charge in [0.05, 0.1) is 67.8 Å². The molecule has 4 aliphatic rings. The summed E-state index contributed by atoms with van der Waals surface area (Å²) in [4.78, 5) is 134. The molecule has 2 aliphatic heterocycles. The van der Waals surface area contributed by atoms with E-state index in [0.717, 1.165) is 33.3 Å². The number of aromatic nitrogens is 2. The highest BCUT2D eigenvalue weighted by Gasteiger charge is 2.51. The number of benzene rings is 2. The van der Waals surface area contributed by atoms with E-state index in [-0.39, 0.29) is 75.1 Å². The number of hydrogen-bond donors (Lipinski definition) is 6. The minimum absolute atomic E-state index is 0.0183. The number of fused-ring (bicyclic) bond motifs is 4. The average Bonchev–Trinajstić information content (AvgIpc) is 4.03. The van der Waals surface area contributed by atoms with Crippen molar-refractivity contribution in [2.45, 2.75) is 110 Å². The molecule has 2 aromatic carbocycles. The van der Waals surface area contributed by atoms with Gasteiger partial charge in [-0.15, -0.1) is 0 Å². The molecule has 8 amide bonds. The number of ether oxygens (including phenoxy) is 2. The number of aldehydes is 1. The Morgan fingerprint density at radius 1 is 0.873 bits per heavy atom. The molecule has 1 fully saturated rings. The normalized spacial score (nSPS) is 16.2. The number of carbonyl (C=O) groups is 9. The van der Waals surface area contributed by atoms with Crippen LogP contribution in [0.2, 0.25) is 0 Å². The molecule has 22 heteroatoms. The van der Waals surface area contributed by atoms with Gasteiger partial charge in [0.2, 0.25) is 35.4 Å². The van der Waals surface area contributed by atoms with Gasteiger partial charge in [0.15, 0.2) is 0 Å². The Labute approximate surface area is 455 Å². The molecule has 0 saturated heterocycles. The van der Waals surface area contributed by atoms with Crippen molar-refractivity contribution in [2.75, 3.05) is 46.6 Å². The van der Waals surface area contributed by atoms with E-state index in [2.05, 4.69) is 31.9 Å². The Balaban J connectivity index is 0.817. The van der Waals surface area contributed by atoms with Crippen LogP contribution < -0.4 is 37.5 Å². The van der Waals surface area contributed by atoms with Crippen LogP contribution in [0.4, 0.5) is 4.39 Å². The second kappa shape index (κ2) is 25.7. The van der Waals surface area contributed by atoms with Gasteiger partial charge >= 0.3 is 0 Å². The molecule has 3 atom stereocenters. The number of amides is 8. The first-order valence-electron chi connectivity index (χ1n) is 26.7. The minimum Gasteiger partial charge on any atom is -0.380 e. The maximum atomic E-state index is 15.5. The largest absolute Gasteiger partial charge is 0.380 e. The van der Waals surface area contributed by atoms with Crippen molar-refractivity contribution in [3.63, 3.8) is 0 Å². The standard InChI is InChI=1S/C57H66FN9O12/c1-4-34(29-68)21-36-23-44-53-38(28-67(44)55(76)39(36)30-78-3)52-41(15-14-37-33(2)40(58)24-42(64-53)51(37)52)65-56(77)57(18-19-57)31-79-32-62-47(71)26-61-54(75)43(22-35-11-7-5-8-12-35)63-48(72)27-60-46(70)25-59-45(69)13-9-6-10-20-66-49(73)16-17-50(66)74/h5,7-8,11-12,16-17,23-24,29,34,41,43H,4,6,9-10,13-15,18-22,25-28,30-32H2,1-3H3,(H,59,69)(H,60,70)(H,61,75)(H,62,71)(H,63,72)(H,65,77). The van der Waals surface area contributed by atoms with E-state index >= 15 is 4.39 Å². The Morgan fingerprint density at radius 3 is 2.29 bits per heavy atom. The first-order chi connectivity index (χ1) is 38.0. The monoisotopic (exact) mass is 1090 g/mol. The molecule has 79 heavy (non-hydrogen) atoms. The molecule has 6 N–H and O–H groups in total. The smallest absolute Gasteiger partial charge is 0.257 e. The molecule has 1 saturated carbocycles. The number of nitrogens with zero attached hydrogens (tertiary/aromatic N) is 3. The third-order valence-corrected chi connectivity index (χ3v) is 15.1. The first-order valence-corrected chi connectivity index (χ1v) is 26.7. The molecule has 2 aromatic heterocycles. The summed E-state index contributed by atoms with van der Waals surface area (Å²) in [5.74, 6) is -4.69. The number of aryl methyl sites for hydroxylation is 1. The third-order valence-electron chi connectivity index (χ3n) is 15.1. The van der Waals surface area contributed by atoms with Crippen molar-refractivity contribution in [3.05, 3.63) is 110 Å². The van der Waals surface area contributed by atoms with Crippen LogP contribution in [-0.2, 0) is 85.0 Å². The summed E-state index contributed by atoms with van der Waals surface area (Å²) in [6.07, 6.45) is 7.98. The lowest BCUT2D eigenvalue weighted by Gasteiger charge is -2.31. The lowest BCUT2D eigenvalue weighted by molar-refractivity contribution is -0.137. The van der Waals surface area contributed by atoms with Crippen LogP contribution >= 0.6 is 0 Å². The summed E-state index contributed by atoms with van der Waals surface area (Å²) in [5.41, 5.74) is 5.02. The minimum atomic E-state index is -1.14. The summed E-state index contributed by atoms with van der Waals surface area (Å²) in [6, 6.07) is 10.5. The van der Waals surface area contributed by atoms with Gasteiger partial charge in [0, 0.05) is 67.1 Å². The lowest BCUT2D eigenvalue weighted by Crippen LogP contribution is -2.52. The van der Waals surface area contributed by atoms with E-state index in [0.29, 0.717) is 96.9 Å². The number of hydrogen-bond acceptors (Lipinski definition) is 13. The van der Waals surface area contributed by atoms with Crippen LogP contribution in [0, 0.1) is 24.1 Å². The van der Waals surface area contributed by atoms with Gasteiger partial charge in [-0.2, -0.15) is 0 Å². The summed E-state index contributed by atoms with van der Waals surface area (Å²) >= 11 is 0. The van der Waals surface area contributed by atoms with Gasteiger partial charge in [0.25, 0.3) is 17.4 Å². The lowest BCUT2D eigenvalue weighted by atomic mass is 9.81. The zero-order chi connectivity index (χ0) is 56.4. The van der Waals surface area contributed by atoms with E-state index in [4.69, 9.17) is 14.5 Å². The van der Waals surface area contributed by atoms with Crippen molar-refractivity contribution in [2.24, 2.45) is 11.3 Å². The Morgan fingerprint density at radius 2 is 1.58 bits per heavy atom. The zero-order valence-corrected chi connectivity index (χ0v) is 44.6. The Kier molecular flexibility index (Phi) is 18.6. The van der Waals surface area contributed by atoms with E-state index in [1.807, 2.05) is 13.0 Å². The number of nitrogens with one attached hydrogen (secondary N) is 6. The van der Waals surface area contributed by atoms with Crippen LogP contribution in [0.15, 0.2) is 59.4 Å². The molecular formula is C57H66FN9O12. The molecule has 0 bridgehead atoms. The number of rotatable bonds is 28. The molecule has 8 rings (SSSR count).